The first-order valence-electron chi connectivity index (χ1n) is 9.04. The second kappa shape index (κ2) is 9.23. The number of nitrogens with zero attached hydrogens (tertiary/aromatic N) is 3. The van der Waals surface area contributed by atoms with Crippen LogP contribution in [-0.4, -0.2) is 34.3 Å². The van der Waals surface area contributed by atoms with Gasteiger partial charge < -0.3 is 9.84 Å². The summed E-state index contributed by atoms with van der Waals surface area (Å²) in [4.78, 5) is 11.1. The third kappa shape index (κ3) is 5.16. The Morgan fingerprint density at radius 2 is 1.94 bits per heavy atom. The van der Waals surface area contributed by atoms with Gasteiger partial charge in [0.2, 0.25) is 10.0 Å². The Bertz CT molecular complexity index is 1230. The van der Waals surface area contributed by atoms with Crippen LogP contribution in [0, 0.1) is 0 Å². The molecular formula is C19H18Cl2N4O5S. The molecule has 164 valence electrons. The Balaban J connectivity index is 1.84. The molecule has 2 aromatic carbocycles. The maximum Gasteiger partial charge on any atom is 0.335 e. The predicted molar refractivity (Wildman–Crippen MR) is 114 cm³/mol. The van der Waals surface area contributed by atoms with Crippen LogP contribution >= 0.6 is 23.2 Å². The molecule has 0 fully saturated rings. The zero-order chi connectivity index (χ0) is 22.8. The van der Waals surface area contributed by atoms with E-state index in [4.69, 9.17) is 33.0 Å². The number of carboxylic acids is 1. The number of nitrogens with one attached hydrogen (secondary N) is 1. The Kier molecular flexibility index (Phi) is 6.85. The van der Waals surface area contributed by atoms with Gasteiger partial charge >= 0.3 is 12.0 Å². The van der Waals surface area contributed by atoms with Gasteiger partial charge in [-0.2, -0.15) is 0 Å². The molecule has 0 aliphatic heterocycles. The summed E-state index contributed by atoms with van der Waals surface area (Å²) in [6.07, 6.45) is 0. The van der Waals surface area contributed by atoms with Gasteiger partial charge in [-0.3, -0.25) is 4.57 Å². The summed E-state index contributed by atoms with van der Waals surface area (Å²) in [7, 11) is -3.92. The van der Waals surface area contributed by atoms with Crippen molar-refractivity contribution < 1.29 is 23.1 Å². The summed E-state index contributed by atoms with van der Waals surface area (Å²) in [6, 6.07) is 9.26. The third-order valence-electron chi connectivity index (χ3n) is 4.27. The van der Waals surface area contributed by atoms with E-state index in [-0.39, 0.29) is 32.3 Å². The average Bonchev–Trinajstić information content (AvgIpc) is 3.12. The minimum atomic E-state index is -3.92. The summed E-state index contributed by atoms with van der Waals surface area (Å²) in [6.45, 7) is 3.81. The SMILES string of the molecule is CCn1c(Oc2cccc(C(=O)O)c2)nnc1[C@@H](C)NS(=O)(=O)c1ccc(Cl)c(Cl)c1. The maximum absolute atomic E-state index is 12.7. The number of sulfonamides is 1. The Morgan fingerprint density at radius 3 is 2.58 bits per heavy atom. The molecule has 0 spiro atoms. The molecular weight excluding hydrogens is 467 g/mol. The van der Waals surface area contributed by atoms with Gasteiger partial charge in [-0.1, -0.05) is 34.4 Å². The summed E-state index contributed by atoms with van der Waals surface area (Å²) in [5, 5.41) is 17.5. The maximum atomic E-state index is 12.7. The minimum absolute atomic E-state index is 0.0433. The molecule has 1 heterocycles. The van der Waals surface area contributed by atoms with Gasteiger partial charge in [0.05, 0.1) is 26.5 Å². The highest BCUT2D eigenvalue weighted by Gasteiger charge is 2.24. The topological polar surface area (TPSA) is 123 Å². The molecule has 3 rings (SSSR count). The van der Waals surface area contributed by atoms with Crippen LogP contribution in [0.4, 0.5) is 0 Å². The summed E-state index contributed by atoms with van der Waals surface area (Å²) >= 11 is 11.8. The summed E-state index contributed by atoms with van der Waals surface area (Å²) in [5.41, 5.74) is 0.0584. The van der Waals surface area contributed by atoms with Crippen molar-refractivity contribution in [2.75, 3.05) is 0 Å². The molecule has 31 heavy (non-hydrogen) atoms. The molecule has 0 unspecified atom stereocenters. The van der Waals surface area contributed by atoms with Gasteiger partial charge in [0.25, 0.3) is 0 Å². The molecule has 0 bridgehead atoms. The molecule has 0 aliphatic rings. The summed E-state index contributed by atoms with van der Waals surface area (Å²) < 4.78 is 35.2. The second-order valence-electron chi connectivity index (χ2n) is 6.44. The Morgan fingerprint density at radius 1 is 1.19 bits per heavy atom. The first kappa shape index (κ1) is 23.0. The van der Waals surface area contributed by atoms with Crippen molar-refractivity contribution in [3.05, 3.63) is 63.9 Å². The molecule has 0 saturated heterocycles. The van der Waals surface area contributed by atoms with E-state index in [1.54, 1.807) is 23.6 Å². The highest BCUT2D eigenvalue weighted by atomic mass is 35.5. The number of carbonyl (C=O) groups is 1. The monoisotopic (exact) mass is 484 g/mol. The Labute approximate surface area is 188 Å². The molecule has 9 nitrogen and oxygen atoms in total. The molecule has 0 saturated carbocycles. The standard InChI is InChI=1S/C19H18Cl2N4O5S/c1-3-25-17(11(2)24-31(28,29)14-7-8-15(20)16(21)10-14)22-23-19(25)30-13-6-4-5-12(9-13)18(26)27/h4-11,24H,3H2,1-2H3,(H,26,27)/t11-/m1/s1. The van der Waals surface area contributed by atoms with Crippen molar-refractivity contribution in [1.82, 2.24) is 19.5 Å². The first-order valence-corrected chi connectivity index (χ1v) is 11.3. The largest absolute Gasteiger partial charge is 0.478 e. The lowest BCUT2D eigenvalue weighted by Gasteiger charge is -2.15. The van der Waals surface area contributed by atoms with E-state index in [0.29, 0.717) is 12.4 Å². The van der Waals surface area contributed by atoms with E-state index in [0.717, 1.165) is 0 Å². The van der Waals surface area contributed by atoms with Gasteiger partial charge in [0.15, 0.2) is 5.82 Å². The van der Waals surface area contributed by atoms with E-state index in [9.17, 15) is 13.2 Å². The molecule has 12 heteroatoms. The molecule has 3 aromatic rings. The number of rotatable bonds is 8. The first-order chi connectivity index (χ1) is 14.6. The number of halogens is 2. The van der Waals surface area contributed by atoms with E-state index < -0.39 is 22.0 Å². The van der Waals surface area contributed by atoms with Gasteiger partial charge in [0.1, 0.15) is 5.75 Å². The summed E-state index contributed by atoms with van der Waals surface area (Å²) in [5.74, 6) is -0.512. The van der Waals surface area contributed by atoms with Crippen molar-refractivity contribution in [2.24, 2.45) is 0 Å². The highest BCUT2D eigenvalue weighted by Crippen LogP contribution is 2.27. The van der Waals surface area contributed by atoms with Crippen LogP contribution in [0.25, 0.3) is 0 Å². The molecule has 2 N–H and O–H groups in total. The van der Waals surface area contributed by atoms with Gasteiger partial charge in [-0.15, -0.1) is 5.10 Å². The fraction of sp³-hybridized carbons (Fsp3) is 0.211. The number of hydrogen-bond acceptors (Lipinski definition) is 6. The van der Waals surface area contributed by atoms with Crippen molar-refractivity contribution in [3.8, 4) is 11.8 Å². The normalized spacial score (nSPS) is 12.5. The molecule has 0 amide bonds. The van der Waals surface area contributed by atoms with E-state index in [1.807, 2.05) is 6.92 Å². The number of benzene rings is 2. The van der Waals surface area contributed by atoms with Crippen LogP contribution in [0.1, 0.15) is 36.1 Å². The van der Waals surface area contributed by atoms with Crippen LogP contribution in [0.15, 0.2) is 47.4 Å². The lowest BCUT2D eigenvalue weighted by molar-refractivity contribution is 0.0696. The number of hydrogen-bond donors (Lipinski definition) is 2. The Hall–Kier alpha value is -2.66. The third-order valence-corrected chi connectivity index (χ3v) is 6.55. The number of carboxylic acid groups (broad SMARTS) is 1. The lowest BCUT2D eigenvalue weighted by Crippen LogP contribution is -2.29. The number of aromatic carboxylic acids is 1. The zero-order valence-corrected chi connectivity index (χ0v) is 18.7. The van der Waals surface area contributed by atoms with E-state index in [1.165, 1.54) is 30.3 Å². The lowest BCUT2D eigenvalue weighted by atomic mass is 10.2. The van der Waals surface area contributed by atoms with Gasteiger partial charge in [-0.05, 0) is 50.2 Å². The molecule has 1 aromatic heterocycles. The minimum Gasteiger partial charge on any atom is -0.478 e. The molecule has 0 radical (unpaired) electrons. The predicted octanol–water partition coefficient (Wildman–Crippen LogP) is 4.13. The van der Waals surface area contributed by atoms with E-state index in [2.05, 4.69) is 14.9 Å². The van der Waals surface area contributed by atoms with Crippen LogP contribution in [0.3, 0.4) is 0 Å². The van der Waals surface area contributed by atoms with E-state index >= 15 is 0 Å². The quantitative estimate of drug-likeness (QED) is 0.492. The number of ether oxygens (including phenoxy) is 1. The van der Waals surface area contributed by atoms with Crippen LogP contribution in [0.2, 0.25) is 10.0 Å². The van der Waals surface area contributed by atoms with Crippen LogP contribution < -0.4 is 9.46 Å². The zero-order valence-electron chi connectivity index (χ0n) is 16.4. The molecule has 0 aliphatic carbocycles. The number of aromatic nitrogens is 3. The second-order valence-corrected chi connectivity index (χ2v) is 8.97. The smallest absolute Gasteiger partial charge is 0.335 e. The van der Waals surface area contributed by atoms with Crippen molar-refractivity contribution in [2.45, 2.75) is 31.3 Å². The van der Waals surface area contributed by atoms with Crippen molar-refractivity contribution >= 4 is 39.2 Å². The fourth-order valence-electron chi connectivity index (χ4n) is 2.79. The average molecular weight is 485 g/mol. The van der Waals surface area contributed by atoms with Crippen molar-refractivity contribution in [3.63, 3.8) is 0 Å². The van der Waals surface area contributed by atoms with Gasteiger partial charge in [-0.25, -0.2) is 17.9 Å². The van der Waals surface area contributed by atoms with Gasteiger partial charge in [0, 0.05) is 6.54 Å². The highest BCUT2D eigenvalue weighted by molar-refractivity contribution is 7.89. The van der Waals surface area contributed by atoms with Crippen LogP contribution in [0.5, 0.6) is 11.8 Å². The molecule has 1 atom stereocenters. The van der Waals surface area contributed by atoms with Crippen molar-refractivity contribution in [1.29, 1.82) is 0 Å². The van der Waals surface area contributed by atoms with Crippen LogP contribution in [-0.2, 0) is 16.6 Å². The fourth-order valence-corrected chi connectivity index (χ4v) is 4.38.